The maximum absolute atomic E-state index is 13.1. The van der Waals surface area contributed by atoms with Crippen LogP contribution in [0.3, 0.4) is 0 Å². The van der Waals surface area contributed by atoms with Gasteiger partial charge in [-0.25, -0.2) is 0 Å². The Kier molecular flexibility index (Phi) is 6.23. The molecular weight excluding hydrogens is 368 g/mol. The fraction of sp³-hybridized carbons (Fsp3) is 0.391. The largest absolute Gasteiger partial charge is 0.503 e. The van der Waals surface area contributed by atoms with Gasteiger partial charge >= 0.3 is 0 Å². The van der Waals surface area contributed by atoms with Crippen LogP contribution in [0.4, 0.5) is 0 Å². The molecule has 1 aliphatic heterocycles. The number of benzene rings is 1. The summed E-state index contributed by atoms with van der Waals surface area (Å²) in [5, 5.41) is 10.6. The standard InChI is InChI=1S/C23H28N2O4/c1-15(2)16-8-10-17(11-9-16)20-19(21(26)18-7-5-14-29-18)22(27)23(28)25(20)13-6-12-24(3)4/h5,7-11,14-15,20,27H,6,12-13H2,1-4H3. The van der Waals surface area contributed by atoms with E-state index in [0.29, 0.717) is 12.5 Å². The predicted octanol–water partition coefficient (Wildman–Crippen LogP) is 3.93. The third-order valence-electron chi connectivity index (χ3n) is 5.22. The van der Waals surface area contributed by atoms with Crippen LogP contribution in [-0.4, -0.2) is 53.8 Å². The molecule has 0 saturated carbocycles. The number of hydrogen-bond acceptors (Lipinski definition) is 5. The summed E-state index contributed by atoms with van der Waals surface area (Å²) >= 11 is 0. The Bertz CT molecular complexity index is 895. The van der Waals surface area contributed by atoms with Crippen LogP contribution in [0, 0.1) is 0 Å². The number of aliphatic hydroxyl groups excluding tert-OH is 1. The third-order valence-corrected chi connectivity index (χ3v) is 5.22. The van der Waals surface area contributed by atoms with Gasteiger partial charge in [-0.3, -0.25) is 9.59 Å². The van der Waals surface area contributed by atoms with E-state index in [-0.39, 0.29) is 11.3 Å². The first kappa shape index (κ1) is 20.9. The second kappa shape index (κ2) is 8.66. The van der Waals surface area contributed by atoms with Gasteiger partial charge in [-0.2, -0.15) is 0 Å². The molecule has 0 spiro atoms. The van der Waals surface area contributed by atoms with Crippen molar-refractivity contribution < 1.29 is 19.1 Å². The SMILES string of the molecule is CC(C)c1ccc(C2C(C(=O)c3ccco3)=C(O)C(=O)N2CCCN(C)C)cc1. The lowest BCUT2D eigenvalue weighted by Crippen LogP contribution is -2.33. The van der Waals surface area contributed by atoms with Gasteiger partial charge in [0.1, 0.15) is 0 Å². The number of amides is 1. The summed E-state index contributed by atoms with van der Waals surface area (Å²) in [6.07, 6.45) is 2.14. The Morgan fingerprint density at radius 2 is 1.90 bits per heavy atom. The molecule has 0 bridgehead atoms. The number of aliphatic hydroxyl groups is 1. The molecule has 154 valence electrons. The Morgan fingerprint density at radius 1 is 1.21 bits per heavy atom. The van der Waals surface area contributed by atoms with Crippen LogP contribution in [0.2, 0.25) is 0 Å². The molecule has 2 heterocycles. The zero-order valence-corrected chi connectivity index (χ0v) is 17.4. The van der Waals surface area contributed by atoms with Crippen LogP contribution in [-0.2, 0) is 4.79 Å². The van der Waals surface area contributed by atoms with Crippen LogP contribution < -0.4 is 0 Å². The zero-order chi connectivity index (χ0) is 21.1. The van der Waals surface area contributed by atoms with Crippen molar-refractivity contribution in [1.82, 2.24) is 9.80 Å². The highest BCUT2D eigenvalue weighted by atomic mass is 16.3. The summed E-state index contributed by atoms with van der Waals surface area (Å²) in [5.41, 5.74) is 2.04. The third kappa shape index (κ3) is 4.27. The molecule has 1 aliphatic rings. The lowest BCUT2D eigenvalue weighted by atomic mass is 9.93. The number of Topliss-reactive ketones (excluding diaryl/α,β-unsaturated/α-hetero) is 1. The van der Waals surface area contributed by atoms with Gasteiger partial charge in [0.15, 0.2) is 11.5 Å². The first-order valence-electron chi connectivity index (χ1n) is 9.88. The summed E-state index contributed by atoms with van der Waals surface area (Å²) in [7, 11) is 3.94. The summed E-state index contributed by atoms with van der Waals surface area (Å²) in [6, 6.07) is 10.4. The van der Waals surface area contributed by atoms with Crippen molar-refractivity contribution in [3.8, 4) is 0 Å². The van der Waals surface area contributed by atoms with Crippen molar-refractivity contribution in [2.75, 3.05) is 27.2 Å². The highest BCUT2D eigenvalue weighted by molar-refractivity contribution is 6.15. The molecule has 0 saturated heterocycles. The van der Waals surface area contributed by atoms with Crippen molar-refractivity contribution in [3.05, 3.63) is 70.9 Å². The zero-order valence-electron chi connectivity index (χ0n) is 17.4. The summed E-state index contributed by atoms with van der Waals surface area (Å²) < 4.78 is 5.24. The fourth-order valence-electron chi connectivity index (χ4n) is 3.62. The lowest BCUT2D eigenvalue weighted by molar-refractivity contribution is -0.129. The first-order valence-corrected chi connectivity index (χ1v) is 9.88. The van der Waals surface area contributed by atoms with Crippen LogP contribution in [0.15, 0.2) is 58.4 Å². The van der Waals surface area contributed by atoms with E-state index in [1.807, 2.05) is 43.3 Å². The van der Waals surface area contributed by atoms with E-state index >= 15 is 0 Å². The minimum atomic E-state index is -0.636. The van der Waals surface area contributed by atoms with E-state index in [9.17, 15) is 14.7 Å². The molecule has 1 aromatic heterocycles. The van der Waals surface area contributed by atoms with Crippen molar-refractivity contribution >= 4 is 11.7 Å². The average molecular weight is 396 g/mol. The number of carbonyl (C=O) groups is 2. The minimum Gasteiger partial charge on any atom is -0.503 e. The molecule has 6 heteroatoms. The van der Waals surface area contributed by atoms with Crippen LogP contribution >= 0.6 is 0 Å². The maximum Gasteiger partial charge on any atom is 0.290 e. The summed E-state index contributed by atoms with van der Waals surface area (Å²) in [6.45, 7) is 5.45. The number of rotatable bonds is 8. The van der Waals surface area contributed by atoms with Gasteiger partial charge in [0.05, 0.1) is 17.9 Å². The van der Waals surface area contributed by atoms with E-state index in [4.69, 9.17) is 4.42 Å². The van der Waals surface area contributed by atoms with Crippen molar-refractivity contribution in [1.29, 1.82) is 0 Å². The maximum atomic E-state index is 13.1. The Morgan fingerprint density at radius 3 is 2.45 bits per heavy atom. The number of furan rings is 1. The van der Waals surface area contributed by atoms with Gasteiger partial charge in [-0.05, 0) is 56.2 Å². The van der Waals surface area contributed by atoms with Gasteiger partial charge in [0.2, 0.25) is 5.78 Å². The van der Waals surface area contributed by atoms with Gasteiger partial charge in [0, 0.05) is 6.54 Å². The quantitative estimate of drug-likeness (QED) is 0.685. The smallest absolute Gasteiger partial charge is 0.290 e. The van der Waals surface area contributed by atoms with Crippen LogP contribution in [0.1, 0.15) is 53.9 Å². The molecule has 1 aromatic carbocycles. The number of nitrogens with zero attached hydrogens (tertiary/aromatic N) is 2. The van der Waals surface area contributed by atoms with Crippen molar-refractivity contribution in [3.63, 3.8) is 0 Å². The molecule has 6 nitrogen and oxygen atoms in total. The number of carbonyl (C=O) groups excluding carboxylic acids is 2. The van der Waals surface area contributed by atoms with Gasteiger partial charge < -0.3 is 19.3 Å². The highest BCUT2D eigenvalue weighted by Gasteiger charge is 2.44. The molecule has 0 fully saturated rings. The molecule has 1 amide bonds. The summed E-state index contributed by atoms with van der Waals surface area (Å²) in [4.78, 5) is 29.5. The minimum absolute atomic E-state index is 0.0760. The molecule has 0 radical (unpaired) electrons. The molecule has 29 heavy (non-hydrogen) atoms. The topological polar surface area (TPSA) is 74.0 Å². The Balaban J connectivity index is 1.99. The molecule has 1 atom stereocenters. The van der Waals surface area contributed by atoms with Crippen molar-refractivity contribution in [2.24, 2.45) is 0 Å². The number of hydrogen-bond donors (Lipinski definition) is 1. The van der Waals surface area contributed by atoms with E-state index in [0.717, 1.165) is 18.5 Å². The van der Waals surface area contributed by atoms with E-state index in [1.165, 1.54) is 11.8 Å². The number of ketones is 1. The second-order valence-electron chi connectivity index (χ2n) is 7.95. The van der Waals surface area contributed by atoms with Gasteiger partial charge in [-0.1, -0.05) is 38.1 Å². The Hall–Kier alpha value is -2.86. The van der Waals surface area contributed by atoms with Crippen LogP contribution in [0.5, 0.6) is 0 Å². The normalized spacial score (nSPS) is 17.1. The Labute approximate surface area is 171 Å². The monoisotopic (exact) mass is 396 g/mol. The molecule has 0 aliphatic carbocycles. The fourth-order valence-corrected chi connectivity index (χ4v) is 3.62. The van der Waals surface area contributed by atoms with E-state index in [1.54, 1.807) is 17.0 Å². The summed E-state index contributed by atoms with van der Waals surface area (Å²) in [5.74, 6) is -0.989. The van der Waals surface area contributed by atoms with Gasteiger partial charge in [-0.15, -0.1) is 0 Å². The lowest BCUT2D eigenvalue weighted by Gasteiger charge is -2.27. The van der Waals surface area contributed by atoms with E-state index in [2.05, 4.69) is 13.8 Å². The van der Waals surface area contributed by atoms with Gasteiger partial charge in [0.25, 0.3) is 5.91 Å². The van der Waals surface area contributed by atoms with Crippen LogP contribution in [0.25, 0.3) is 0 Å². The molecule has 1 unspecified atom stereocenters. The average Bonchev–Trinajstić information content (AvgIpc) is 3.30. The first-order chi connectivity index (χ1) is 13.8. The van der Waals surface area contributed by atoms with E-state index < -0.39 is 23.5 Å². The molecular formula is C23H28N2O4. The molecule has 3 rings (SSSR count). The highest BCUT2D eigenvalue weighted by Crippen LogP contribution is 2.39. The second-order valence-corrected chi connectivity index (χ2v) is 7.95. The molecule has 1 N–H and O–H groups in total. The predicted molar refractivity (Wildman–Crippen MR) is 111 cm³/mol. The molecule has 2 aromatic rings. The van der Waals surface area contributed by atoms with Crippen molar-refractivity contribution in [2.45, 2.75) is 32.2 Å².